The van der Waals surface area contributed by atoms with E-state index < -0.39 is 9.84 Å². The third-order valence-corrected chi connectivity index (χ3v) is 4.52. The van der Waals surface area contributed by atoms with Crippen molar-refractivity contribution in [3.8, 4) is 0 Å². The number of rotatable bonds is 9. The van der Waals surface area contributed by atoms with Crippen LogP contribution in [0.5, 0.6) is 0 Å². The van der Waals surface area contributed by atoms with Crippen molar-refractivity contribution in [3.05, 3.63) is 47.7 Å². The molecule has 0 aliphatic rings. The molecule has 2 rings (SSSR count). The minimum Gasteiger partial charge on any atom is -0.422 e. The van der Waals surface area contributed by atoms with Crippen LogP contribution in [-0.4, -0.2) is 25.4 Å². The number of carbonyl (C=O) groups is 1. The van der Waals surface area contributed by atoms with E-state index in [1.54, 1.807) is 6.07 Å². The molecular formula is C17H20FNO4S. The van der Waals surface area contributed by atoms with Crippen LogP contribution in [0.15, 0.2) is 40.0 Å². The number of aromatic nitrogens is 1. The molecule has 7 heteroatoms. The summed E-state index contributed by atoms with van der Waals surface area (Å²) in [6.07, 6.45) is 6.53. The van der Waals surface area contributed by atoms with Crippen molar-refractivity contribution in [3.63, 3.8) is 0 Å². The average Bonchev–Trinajstić information content (AvgIpc) is 3.01. The first-order valence-corrected chi connectivity index (χ1v) is 9.69. The van der Waals surface area contributed by atoms with Gasteiger partial charge in [0.15, 0.2) is 0 Å². The number of Topliss-reactive ketones (excluding diaryl/α,β-unsaturated/α-hetero) is 1. The van der Waals surface area contributed by atoms with E-state index in [0.29, 0.717) is 6.42 Å². The largest absolute Gasteiger partial charge is 0.422 e. The summed E-state index contributed by atoms with van der Waals surface area (Å²) in [6.45, 7) is 0. The Bertz CT molecular complexity index is 798. The fraction of sp³-hybridized carbons (Fsp3) is 0.412. The van der Waals surface area contributed by atoms with Crippen LogP contribution in [0.1, 0.15) is 48.4 Å². The number of hydrogen-bond acceptors (Lipinski definition) is 5. The summed E-state index contributed by atoms with van der Waals surface area (Å²) < 4.78 is 40.5. The number of sulfone groups is 1. The highest BCUT2D eigenvalue weighted by Crippen LogP contribution is 2.14. The van der Waals surface area contributed by atoms with Gasteiger partial charge in [-0.05, 0) is 37.0 Å². The van der Waals surface area contributed by atoms with Gasteiger partial charge in [-0.2, -0.15) is 0 Å². The van der Waals surface area contributed by atoms with Crippen molar-refractivity contribution in [1.29, 1.82) is 0 Å². The van der Waals surface area contributed by atoms with E-state index in [2.05, 4.69) is 4.98 Å². The molecule has 1 aromatic carbocycles. The van der Waals surface area contributed by atoms with E-state index in [4.69, 9.17) is 4.42 Å². The van der Waals surface area contributed by atoms with Gasteiger partial charge in [0, 0.05) is 12.7 Å². The van der Waals surface area contributed by atoms with Crippen molar-refractivity contribution in [2.45, 2.75) is 43.6 Å². The normalized spacial score (nSPS) is 11.6. The van der Waals surface area contributed by atoms with Crippen molar-refractivity contribution < 1.29 is 22.0 Å². The van der Waals surface area contributed by atoms with Gasteiger partial charge in [-0.25, -0.2) is 17.8 Å². The molecule has 0 radical (unpaired) electrons. The highest BCUT2D eigenvalue weighted by molar-refractivity contribution is 7.90. The molecule has 0 fully saturated rings. The molecule has 0 N–H and O–H groups in total. The first-order chi connectivity index (χ1) is 11.4. The minimum absolute atomic E-state index is 0.157. The van der Waals surface area contributed by atoms with Gasteiger partial charge in [-0.1, -0.05) is 25.0 Å². The second-order valence-electron chi connectivity index (χ2n) is 5.72. The monoisotopic (exact) mass is 353 g/mol. The van der Waals surface area contributed by atoms with E-state index in [1.807, 2.05) is 6.07 Å². The molecule has 0 atom stereocenters. The fourth-order valence-corrected chi connectivity index (χ4v) is 2.80. The van der Waals surface area contributed by atoms with Gasteiger partial charge in [-0.15, -0.1) is 0 Å². The predicted molar refractivity (Wildman–Crippen MR) is 87.1 cm³/mol. The quantitative estimate of drug-likeness (QED) is 0.508. The third-order valence-electron chi connectivity index (χ3n) is 3.60. The Morgan fingerprint density at radius 2 is 1.96 bits per heavy atom. The van der Waals surface area contributed by atoms with Crippen LogP contribution >= 0.6 is 0 Å². The molecular weight excluding hydrogens is 333 g/mol. The third kappa shape index (κ3) is 5.56. The van der Waals surface area contributed by atoms with E-state index >= 15 is 0 Å². The van der Waals surface area contributed by atoms with Crippen molar-refractivity contribution in [1.82, 2.24) is 4.98 Å². The molecule has 1 aromatic heterocycles. The van der Waals surface area contributed by atoms with Crippen LogP contribution in [0.3, 0.4) is 0 Å². The van der Waals surface area contributed by atoms with Gasteiger partial charge in [0.1, 0.15) is 5.82 Å². The van der Waals surface area contributed by atoms with Crippen LogP contribution < -0.4 is 0 Å². The van der Waals surface area contributed by atoms with Gasteiger partial charge in [0.2, 0.25) is 20.7 Å². The molecule has 0 unspecified atom stereocenters. The first kappa shape index (κ1) is 18.3. The van der Waals surface area contributed by atoms with Crippen LogP contribution in [0, 0.1) is 5.82 Å². The Labute approximate surface area is 140 Å². The van der Waals surface area contributed by atoms with Crippen LogP contribution in [-0.2, 0) is 16.3 Å². The lowest BCUT2D eigenvalue weighted by Gasteiger charge is -2.02. The number of nitrogens with zero attached hydrogens (tertiary/aromatic N) is 1. The van der Waals surface area contributed by atoms with Crippen LogP contribution in [0.4, 0.5) is 4.39 Å². The summed E-state index contributed by atoms with van der Waals surface area (Å²) in [7, 11) is -3.49. The molecule has 24 heavy (non-hydrogen) atoms. The first-order valence-electron chi connectivity index (χ1n) is 7.80. The maximum absolute atomic E-state index is 13.0. The van der Waals surface area contributed by atoms with Crippen LogP contribution in [0.2, 0.25) is 0 Å². The molecule has 0 spiro atoms. The lowest BCUT2D eigenvalue weighted by atomic mass is 10.0. The molecule has 0 bridgehead atoms. The minimum atomic E-state index is -3.49. The maximum atomic E-state index is 13.0. The molecule has 1 heterocycles. The van der Waals surface area contributed by atoms with E-state index in [-0.39, 0.29) is 29.0 Å². The van der Waals surface area contributed by atoms with Crippen molar-refractivity contribution in [2.24, 2.45) is 0 Å². The zero-order valence-corrected chi connectivity index (χ0v) is 14.3. The number of carbonyl (C=O) groups excluding carboxylic acids is 1. The number of oxazole rings is 1. The molecule has 0 saturated carbocycles. The summed E-state index contributed by atoms with van der Waals surface area (Å²) in [6, 6.07) is 6.55. The highest BCUT2D eigenvalue weighted by atomic mass is 32.2. The molecule has 5 nitrogen and oxygen atoms in total. The number of aryl methyl sites for hydroxylation is 1. The predicted octanol–water partition coefficient (Wildman–Crippen LogP) is 3.59. The lowest BCUT2D eigenvalue weighted by molar-refractivity contribution is 0.0940. The van der Waals surface area contributed by atoms with Crippen LogP contribution in [0.25, 0.3) is 0 Å². The maximum Gasteiger partial charge on any atom is 0.264 e. The summed E-state index contributed by atoms with van der Waals surface area (Å²) >= 11 is 0. The molecule has 0 amide bonds. The SMILES string of the molecule is CS(=O)(=O)c1cnc(C(=O)CCCCCCc2cccc(F)c2)o1. The highest BCUT2D eigenvalue weighted by Gasteiger charge is 2.18. The number of benzene rings is 1. The molecule has 130 valence electrons. The Morgan fingerprint density at radius 3 is 2.62 bits per heavy atom. The number of ketones is 1. The second kappa shape index (κ2) is 8.19. The van der Waals surface area contributed by atoms with Crippen molar-refractivity contribution in [2.75, 3.05) is 6.26 Å². The Morgan fingerprint density at radius 1 is 1.21 bits per heavy atom. The van der Waals surface area contributed by atoms with Crippen molar-refractivity contribution >= 4 is 15.6 Å². The summed E-state index contributed by atoms with van der Waals surface area (Å²) in [5, 5.41) is -0.291. The van der Waals surface area contributed by atoms with Gasteiger partial charge in [0.25, 0.3) is 5.89 Å². The Balaban J connectivity index is 1.67. The van der Waals surface area contributed by atoms with Gasteiger partial charge in [-0.3, -0.25) is 4.79 Å². The van der Waals surface area contributed by atoms with Gasteiger partial charge >= 0.3 is 0 Å². The summed E-state index contributed by atoms with van der Waals surface area (Å²) in [5.74, 6) is -0.678. The topological polar surface area (TPSA) is 77.2 Å². The number of halogens is 1. The molecule has 2 aromatic rings. The van der Waals surface area contributed by atoms with Gasteiger partial charge in [0.05, 0.1) is 6.20 Å². The molecule has 0 saturated heterocycles. The number of unbranched alkanes of at least 4 members (excludes halogenated alkanes) is 3. The smallest absolute Gasteiger partial charge is 0.264 e. The zero-order valence-electron chi connectivity index (χ0n) is 13.5. The average molecular weight is 353 g/mol. The standard InChI is InChI=1S/C17H20FNO4S/c1-24(21,22)16-12-19-17(23-16)15(20)10-5-3-2-4-7-13-8-6-9-14(18)11-13/h6,8-9,11-12H,2-5,7,10H2,1H3. The van der Waals surface area contributed by atoms with Gasteiger partial charge < -0.3 is 4.42 Å². The van der Waals surface area contributed by atoms with E-state index in [1.165, 1.54) is 12.1 Å². The Kier molecular flexibility index (Phi) is 6.25. The fourth-order valence-electron chi connectivity index (χ4n) is 2.33. The lowest BCUT2D eigenvalue weighted by Crippen LogP contribution is -1.99. The second-order valence-corrected chi connectivity index (χ2v) is 7.67. The number of hydrogen-bond donors (Lipinski definition) is 0. The summed E-state index contributed by atoms with van der Waals surface area (Å²) in [5.41, 5.74) is 0.971. The van der Waals surface area contributed by atoms with E-state index in [9.17, 15) is 17.6 Å². The molecule has 0 aliphatic carbocycles. The van der Waals surface area contributed by atoms with E-state index in [0.717, 1.165) is 43.7 Å². The molecule has 0 aliphatic heterocycles. The Hall–Kier alpha value is -2.02. The zero-order chi connectivity index (χ0) is 17.6. The summed E-state index contributed by atoms with van der Waals surface area (Å²) in [4.78, 5) is 15.6.